The molecule has 3 nitrogen and oxygen atoms in total. The molecule has 0 spiro atoms. The lowest BCUT2D eigenvalue weighted by Crippen LogP contribution is -2.29. The normalized spacial score (nSPS) is 16.5. The second-order valence-electron chi connectivity index (χ2n) is 6.41. The van der Waals surface area contributed by atoms with Crippen LogP contribution in [0.2, 0.25) is 0 Å². The fourth-order valence-electron chi connectivity index (χ4n) is 3.11. The van der Waals surface area contributed by atoms with Gasteiger partial charge in [0.05, 0.1) is 12.5 Å². The van der Waals surface area contributed by atoms with Crippen LogP contribution < -0.4 is 5.49 Å². The zero-order valence-electron chi connectivity index (χ0n) is 13.7. The molecule has 1 aliphatic rings. The maximum Gasteiger partial charge on any atom is 0.236 e. The van der Waals surface area contributed by atoms with Gasteiger partial charge in [0.1, 0.15) is 5.49 Å². The lowest BCUT2D eigenvalue weighted by Gasteiger charge is -2.17. The summed E-state index contributed by atoms with van der Waals surface area (Å²) in [4.78, 5) is 17.5. The van der Waals surface area contributed by atoms with E-state index in [4.69, 9.17) is 4.99 Å². The molecule has 0 N–H and O–H groups in total. The molecule has 120 valence electrons. The highest BCUT2D eigenvalue weighted by Gasteiger charge is 2.13. The first-order chi connectivity index (χ1) is 11.2. The Labute approximate surface area is 137 Å². The second kappa shape index (κ2) is 7.40. The van der Waals surface area contributed by atoms with Crippen molar-refractivity contribution in [2.75, 3.05) is 0 Å². The van der Waals surface area contributed by atoms with Crippen LogP contribution >= 0.6 is 0 Å². The van der Waals surface area contributed by atoms with Crippen molar-refractivity contribution in [1.29, 1.82) is 0 Å². The number of nitrogens with zero attached hydrogens (tertiary/aromatic N) is 2. The van der Waals surface area contributed by atoms with Gasteiger partial charge in [0, 0.05) is 6.20 Å². The van der Waals surface area contributed by atoms with Gasteiger partial charge in [-0.1, -0.05) is 55.2 Å². The molecule has 1 heterocycles. The SMILES string of the molecule is Cc1ccc(CC(=O)n2ccccc2=NC2CCCCC2)cc1. The number of benzene rings is 1. The Kier molecular flexibility index (Phi) is 5.06. The fourth-order valence-corrected chi connectivity index (χ4v) is 3.11. The van der Waals surface area contributed by atoms with Gasteiger partial charge in [-0.15, -0.1) is 0 Å². The van der Waals surface area contributed by atoms with Crippen LogP contribution in [0.1, 0.15) is 48.0 Å². The van der Waals surface area contributed by atoms with Gasteiger partial charge in [0.15, 0.2) is 0 Å². The second-order valence-corrected chi connectivity index (χ2v) is 6.41. The van der Waals surface area contributed by atoms with Crippen molar-refractivity contribution in [1.82, 2.24) is 4.57 Å². The lowest BCUT2D eigenvalue weighted by atomic mass is 9.96. The first-order valence-electron chi connectivity index (χ1n) is 8.52. The molecule has 3 heteroatoms. The Balaban J connectivity index is 1.82. The summed E-state index contributed by atoms with van der Waals surface area (Å²) in [6.07, 6.45) is 8.33. The van der Waals surface area contributed by atoms with Gasteiger partial charge in [-0.2, -0.15) is 0 Å². The minimum Gasteiger partial charge on any atom is -0.274 e. The average Bonchev–Trinajstić information content (AvgIpc) is 2.58. The zero-order chi connectivity index (χ0) is 16.1. The molecule has 1 fully saturated rings. The number of aromatic nitrogens is 1. The number of carbonyl (C=O) groups is 1. The number of hydrogen-bond acceptors (Lipinski definition) is 2. The summed E-state index contributed by atoms with van der Waals surface area (Å²) in [6, 6.07) is 14.3. The Morgan fingerprint density at radius 2 is 1.83 bits per heavy atom. The van der Waals surface area contributed by atoms with E-state index in [1.807, 2.05) is 48.7 Å². The molecule has 1 aliphatic carbocycles. The van der Waals surface area contributed by atoms with Crippen LogP contribution in [-0.2, 0) is 6.42 Å². The quantitative estimate of drug-likeness (QED) is 0.846. The van der Waals surface area contributed by atoms with Crippen molar-refractivity contribution in [3.63, 3.8) is 0 Å². The van der Waals surface area contributed by atoms with Crippen LogP contribution in [0.3, 0.4) is 0 Å². The Morgan fingerprint density at radius 1 is 1.09 bits per heavy atom. The Hall–Kier alpha value is -2.16. The molecule has 0 bridgehead atoms. The minimum absolute atomic E-state index is 0.0732. The van der Waals surface area contributed by atoms with Gasteiger partial charge in [-0.05, 0) is 37.5 Å². The predicted octanol–water partition coefficient (Wildman–Crippen LogP) is 3.91. The summed E-state index contributed by atoms with van der Waals surface area (Å²) in [5.41, 5.74) is 3.04. The molecule has 0 atom stereocenters. The lowest BCUT2D eigenvalue weighted by molar-refractivity contribution is 0.0908. The third-order valence-corrected chi connectivity index (χ3v) is 4.47. The topological polar surface area (TPSA) is 34.4 Å². The van der Waals surface area contributed by atoms with Crippen molar-refractivity contribution in [2.45, 2.75) is 51.5 Å². The maximum absolute atomic E-state index is 12.7. The maximum atomic E-state index is 12.7. The molecule has 1 saturated carbocycles. The minimum atomic E-state index is 0.0732. The van der Waals surface area contributed by atoms with Gasteiger partial charge in [0.2, 0.25) is 5.91 Å². The Bertz CT molecular complexity index is 722. The smallest absolute Gasteiger partial charge is 0.236 e. The van der Waals surface area contributed by atoms with E-state index < -0.39 is 0 Å². The van der Waals surface area contributed by atoms with Crippen LogP contribution in [0.5, 0.6) is 0 Å². The van der Waals surface area contributed by atoms with E-state index in [2.05, 4.69) is 6.92 Å². The average molecular weight is 308 g/mol. The fraction of sp³-hybridized carbons (Fsp3) is 0.400. The van der Waals surface area contributed by atoms with E-state index in [1.54, 1.807) is 4.57 Å². The largest absolute Gasteiger partial charge is 0.274 e. The molecule has 3 rings (SSSR count). The van der Waals surface area contributed by atoms with Gasteiger partial charge in [0.25, 0.3) is 0 Å². The molecule has 1 aromatic heterocycles. The Morgan fingerprint density at radius 3 is 2.57 bits per heavy atom. The molecular formula is C20H24N2O. The predicted molar refractivity (Wildman–Crippen MR) is 92.4 cm³/mol. The standard InChI is InChI=1S/C20H24N2O/c1-16-10-12-17(13-11-16)15-20(23)22-14-6-5-9-19(22)21-18-7-3-2-4-8-18/h5-6,9-14,18H,2-4,7-8,15H2,1H3. The molecule has 23 heavy (non-hydrogen) atoms. The highest BCUT2D eigenvalue weighted by Crippen LogP contribution is 2.19. The molecule has 1 aromatic carbocycles. The summed E-state index contributed by atoms with van der Waals surface area (Å²) in [5, 5.41) is 0. The molecule has 0 radical (unpaired) electrons. The molecule has 2 aromatic rings. The first-order valence-corrected chi connectivity index (χ1v) is 8.52. The zero-order valence-corrected chi connectivity index (χ0v) is 13.7. The summed E-state index contributed by atoms with van der Waals surface area (Å²) in [7, 11) is 0. The first kappa shape index (κ1) is 15.7. The number of aryl methyl sites for hydroxylation is 1. The summed E-state index contributed by atoms with van der Waals surface area (Å²) in [5.74, 6) is 0.0732. The van der Waals surface area contributed by atoms with E-state index >= 15 is 0 Å². The van der Waals surface area contributed by atoms with E-state index in [9.17, 15) is 4.79 Å². The van der Waals surface area contributed by atoms with E-state index in [0.717, 1.165) is 23.9 Å². The van der Waals surface area contributed by atoms with Gasteiger partial charge in [-0.3, -0.25) is 14.4 Å². The van der Waals surface area contributed by atoms with Gasteiger partial charge < -0.3 is 0 Å². The van der Waals surface area contributed by atoms with Crippen molar-refractivity contribution in [3.8, 4) is 0 Å². The number of carbonyl (C=O) groups excluding carboxylic acids is 1. The highest BCUT2D eigenvalue weighted by atomic mass is 16.2. The van der Waals surface area contributed by atoms with E-state index in [-0.39, 0.29) is 5.91 Å². The van der Waals surface area contributed by atoms with Crippen molar-refractivity contribution in [3.05, 3.63) is 65.3 Å². The summed E-state index contributed by atoms with van der Waals surface area (Å²) < 4.78 is 1.70. The van der Waals surface area contributed by atoms with Crippen LogP contribution in [0.15, 0.2) is 53.7 Å². The molecular weight excluding hydrogens is 284 g/mol. The van der Waals surface area contributed by atoms with E-state index in [0.29, 0.717) is 12.5 Å². The van der Waals surface area contributed by atoms with Crippen LogP contribution in [0.4, 0.5) is 0 Å². The van der Waals surface area contributed by atoms with Crippen molar-refractivity contribution >= 4 is 5.91 Å². The third kappa shape index (κ3) is 4.19. The van der Waals surface area contributed by atoms with Crippen molar-refractivity contribution < 1.29 is 4.79 Å². The van der Waals surface area contributed by atoms with E-state index in [1.165, 1.54) is 24.8 Å². The molecule has 0 aliphatic heterocycles. The summed E-state index contributed by atoms with van der Waals surface area (Å²) in [6.45, 7) is 2.05. The van der Waals surface area contributed by atoms with Crippen LogP contribution in [-0.4, -0.2) is 16.5 Å². The van der Waals surface area contributed by atoms with Gasteiger partial charge >= 0.3 is 0 Å². The molecule has 0 saturated heterocycles. The highest BCUT2D eigenvalue weighted by molar-refractivity contribution is 5.81. The summed E-state index contributed by atoms with van der Waals surface area (Å²) >= 11 is 0. The van der Waals surface area contributed by atoms with Crippen molar-refractivity contribution in [2.24, 2.45) is 4.99 Å². The van der Waals surface area contributed by atoms with Crippen LogP contribution in [0.25, 0.3) is 0 Å². The van der Waals surface area contributed by atoms with Crippen LogP contribution in [0, 0.1) is 6.92 Å². The molecule has 0 amide bonds. The number of hydrogen-bond donors (Lipinski definition) is 0. The number of pyridine rings is 1. The molecule has 0 unspecified atom stereocenters. The third-order valence-electron chi connectivity index (χ3n) is 4.47. The number of rotatable bonds is 3. The van der Waals surface area contributed by atoms with Gasteiger partial charge in [-0.25, -0.2) is 0 Å². The monoisotopic (exact) mass is 308 g/mol.